The van der Waals surface area contributed by atoms with Crippen LogP contribution in [0.25, 0.3) is 0 Å². The maximum absolute atomic E-state index is 5.27. The molecular weight excluding hydrogens is 112 g/mol. The van der Waals surface area contributed by atoms with E-state index in [0.29, 0.717) is 6.04 Å². The van der Waals surface area contributed by atoms with E-state index in [1.54, 1.807) is 0 Å². The second kappa shape index (κ2) is 4.77. The quantitative estimate of drug-likeness (QED) is 0.444. The van der Waals surface area contributed by atoms with E-state index in [1.807, 2.05) is 0 Å². The van der Waals surface area contributed by atoms with Crippen molar-refractivity contribution in [2.24, 2.45) is 11.8 Å². The van der Waals surface area contributed by atoms with Crippen molar-refractivity contribution < 1.29 is 0 Å². The summed E-state index contributed by atoms with van der Waals surface area (Å²) in [7, 11) is 0. The van der Waals surface area contributed by atoms with Crippen molar-refractivity contribution in [3.63, 3.8) is 0 Å². The van der Waals surface area contributed by atoms with Gasteiger partial charge in [0.05, 0.1) is 0 Å². The van der Waals surface area contributed by atoms with E-state index < -0.39 is 0 Å². The normalized spacial score (nSPS) is 14.3. The van der Waals surface area contributed by atoms with Crippen LogP contribution in [0.4, 0.5) is 0 Å². The molecule has 0 spiro atoms. The van der Waals surface area contributed by atoms with E-state index in [9.17, 15) is 0 Å². The lowest BCUT2D eigenvalue weighted by atomic mass is 9.96. The van der Waals surface area contributed by atoms with Crippen molar-refractivity contribution in [2.45, 2.75) is 39.7 Å². The number of rotatable bonds is 4. The van der Waals surface area contributed by atoms with Crippen molar-refractivity contribution in [1.82, 2.24) is 5.43 Å². The van der Waals surface area contributed by atoms with Crippen LogP contribution in [0.2, 0.25) is 0 Å². The number of nitrogens with two attached hydrogens (primary N) is 1. The Bertz CT molecular complexity index is 59.9. The minimum Gasteiger partial charge on any atom is -0.271 e. The summed E-state index contributed by atoms with van der Waals surface area (Å²) in [5.41, 5.74) is 2.77. The smallest absolute Gasteiger partial charge is 0.0210 e. The zero-order valence-electron chi connectivity index (χ0n) is 6.65. The molecule has 1 unspecified atom stereocenters. The van der Waals surface area contributed by atoms with Crippen LogP contribution in [-0.4, -0.2) is 6.04 Å². The Morgan fingerprint density at radius 3 is 1.89 bits per heavy atom. The molecule has 0 aromatic heterocycles. The minimum atomic E-state index is 0.458. The van der Waals surface area contributed by atoms with E-state index >= 15 is 0 Å². The molecule has 0 aliphatic heterocycles. The molecule has 0 aromatic carbocycles. The summed E-state index contributed by atoms with van der Waals surface area (Å²) >= 11 is 0. The predicted octanol–water partition coefficient (Wildman–Crippen LogP) is 1.27. The first-order chi connectivity index (χ1) is 4.26. The molecule has 56 valence electrons. The average molecular weight is 130 g/mol. The third-order valence-corrected chi connectivity index (χ3v) is 2.02. The van der Waals surface area contributed by atoms with E-state index in [0.717, 1.165) is 5.92 Å². The first-order valence-corrected chi connectivity index (χ1v) is 3.72. The highest BCUT2D eigenvalue weighted by atomic mass is 15.2. The molecule has 0 aromatic rings. The molecule has 0 fully saturated rings. The fraction of sp³-hybridized carbons (Fsp3) is 1.00. The van der Waals surface area contributed by atoms with Gasteiger partial charge in [-0.3, -0.25) is 11.3 Å². The molecule has 2 nitrogen and oxygen atoms in total. The maximum atomic E-state index is 5.27. The van der Waals surface area contributed by atoms with E-state index in [2.05, 4.69) is 26.2 Å². The maximum Gasteiger partial charge on any atom is 0.0210 e. The minimum absolute atomic E-state index is 0.458. The van der Waals surface area contributed by atoms with Crippen molar-refractivity contribution in [1.29, 1.82) is 0 Å². The van der Waals surface area contributed by atoms with Gasteiger partial charge in [0.1, 0.15) is 0 Å². The first kappa shape index (κ1) is 8.92. The van der Waals surface area contributed by atoms with Gasteiger partial charge < -0.3 is 0 Å². The van der Waals surface area contributed by atoms with Crippen LogP contribution in [-0.2, 0) is 0 Å². The average Bonchev–Trinajstić information content (AvgIpc) is 1.90. The lowest BCUT2D eigenvalue weighted by molar-refractivity contribution is 0.359. The Morgan fingerprint density at radius 1 is 1.33 bits per heavy atom. The third-order valence-electron chi connectivity index (χ3n) is 2.02. The summed E-state index contributed by atoms with van der Waals surface area (Å²) < 4.78 is 0. The monoisotopic (exact) mass is 130 g/mol. The van der Waals surface area contributed by atoms with Gasteiger partial charge in [0.15, 0.2) is 0 Å². The van der Waals surface area contributed by atoms with Gasteiger partial charge in [-0.25, -0.2) is 0 Å². The molecule has 0 bridgehead atoms. The Balaban J connectivity index is 3.50. The van der Waals surface area contributed by atoms with E-state index in [1.165, 1.54) is 12.8 Å². The topological polar surface area (TPSA) is 38.0 Å². The van der Waals surface area contributed by atoms with Gasteiger partial charge in [-0.05, 0) is 12.8 Å². The SMILES string of the molecule is CCC(CC)C(C)NN. The number of hydrazine groups is 1. The molecule has 0 aliphatic rings. The first-order valence-electron chi connectivity index (χ1n) is 3.72. The molecular formula is C7H18N2. The summed E-state index contributed by atoms with van der Waals surface area (Å²) in [5.74, 6) is 6.01. The van der Waals surface area contributed by atoms with Crippen LogP contribution in [0.5, 0.6) is 0 Å². The summed E-state index contributed by atoms with van der Waals surface area (Å²) in [5, 5.41) is 0. The van der Waals surface area contributed by atoms with Gasteiger partial charge in [0.25, 0.3) is 0 Å². The standard InChI is InChI=1S/C7H18N2/c1-4-7(5-2)6(3)9-8/h6-7,9H,4-5,8H2,1-3H3. The number of hydrogen-bond donors (Lipinski definition) is 2. The molecule has 9 heavy (non-hydrogen) atoms. The summed E-state index contributed by atoms with van der Waals surface area (Å²) in [4.78, 5) is 0. The number of nitrogens with one attached hydrogen (secondary N) is 1. The second-order valence-electron chi connectivity index (χ2n) is 2.53. The van der Waals surface area contributed by atoms with Crippen LogP contribution < -0.4 is 11.3 Å². The molecule has 0 amide bonds. The molecule has 0 radical (unpaired) electrons. The summed E-state index contributed by atoms with van der Waals surface area (Å²) in [6.45, 7) is 6.52. The molecule has 3 N–H and O–H groups in total. The fourth-order valence-electron chi connectivity index (χ4n) is 1.13. The Kier molecular flexibility index (Phi) is 4.72. The molecule has 0 aliphatic carbocycles. The zero-order valence-corrected chi connectivity index (χ0v) is 6.65. The fourth-order valence-corrected chi connectivity index (χ4v) is 1.13. The lowest BCUT2D eigenvalue weighted by Crippen LogP contribution is -2.37. The van der Waals surface area contributed by atoms with Gasteiger partial charge in [0, 0.05) is 6.04 Å². The van der Waals surface area contributed by atoms with Crippen molar-refractivity contribution in [3.8, 4) is 0 Å². The van der Waals surface area contributed by atoms with Gasteiger partial charge in [-0.1, -0.05) is 26.7 Å². The van der Waals surface area contributed by atoms with Crippen molar-refractivity contribution >= 4 is 0 Å². The highest BCUT2D eigenvalue weighted by molar-refractivity contribution is 4.66. The highest BCUT2D eigenvalue weighted by Gasteiger charge is 2.09. The molecule has 0 saturated carbocycles. The molecule has 0 heterocycles. The Morgan fingerprint density at radius 2 is 1.78 bits per heavy atom. The molecule has 2 heteroatoms. The van der Waals surface area contributed by atoms with E-state index in [4.69, 9.17) is 5.84 Å². The van der Waals surface area contributed by atoms with Crippen LogP contribution in [0.15, 0.2) is 0 Å². The van der Waals surface area contributed by atoms with Crippen molar-refractivity contribution in [2.75, 3.05) is 0 Å². The van der Waals surface area contributed by atoms with Gasteiger partial charge in [-0.2, -0.15) is 0 Å². The highest BCUT2D eigenvalue weighted by Crippen LogP contribution is 2.10. The molecule has 0 rings (SSSR count). The largest absolute Gasteiger partial charge is 0.271 e. The van der Waals surface area contributed by atoms with Crippen molar-refractivity contribution in [3.05, 3.63) is 0 Å². The predicted molar refractivity (Wildman–Crippen MR) is 40.9 cm³/mol. The van der Waals surface area contributed by atoms with Crippen LogP contribution in [0, 0.1) is 5.92 Å². The molecule has 1 atom stereocenters. The van der Waals surface area contributed by atoms with Crippen LogP contribution in [0.1, 0.15) is 33.6 Å². The molecule has 0 saturated heterocycles. The summed E-state index contributed by atoms with van der Waals surface area (Å²) in [6, 6.07) is 0.458. The van der Waals surface area contributed by atoms with Gasteiger partial charge >= 0.3 is 0 Å². The van der Waals surface area contributed by atoms with Gasteiger partial charge in [-0.15, -0.1) is 0 Å². The Labute approximate surface area is 57.8 Å². The van der Waals surface area contributed by atoms with Crippen LogP contribution >= 0.6 is 0 Å². The third kappa shape index (κ3) is 2.82. The van der Waals surface area contributed by atoms with E-state index in [-0.39, 0.29) is 0 Å². The Hall–Kier alpha value is -0.0800. The summed E-state index contributed by atoms with van der Waals surface area (Å²) in [6.07, 6.45) is 2.42. The number of hydrogen-bond acceptors (Lipinski definition) is 2. The van der Waals surface area contributed by atoms with Crippen LogP contribution in [0.3, 0.4) is 0 Å². The lowest BCUT2D eigenvalue weighted by Gasteiger charge is -2.19. The second-order valence-corrected chi connectivity index (χ2v) is 2.53. The van der Waals surface area contributed by atoms with Gasteiger partial charge in [0.2, 0.25) is 0 Å². The zero-order chi connectivity index (χ0) is 7.28.